The van der Waals surface area contributed by atoms with Gasteiger partial charge in [-0.3, -0.25) is 0 Å². The van der Waals surface area contributed by atoms with Crippen molar-refractivity contribution in [3.05, 3.63) is 12.0 Å². The van der Waals surface area contributed by atoms with Crippen molar-refractivity contribution in [1.29, 1.82) is 0 Å². The van der Waals surface area contributed by atoms with Crippen LogP contribution in [-0.2, 0) is 0 Å². The zero-order chi connectivity index (χ0) is 4.83. The Hall–Kier alpha value is -0.350. The van der Waals surface area contributed by atoms with E-state index < -0.39 is 0 Å². The van der Waals surface area contributed by atoms with Crippen molar-refractivity contribution in [2.75, 3.05) is 0 Å². The minimum Gasteiger partial charge on any atom is -0.0943 e. The second kappa shape index (κ2) is 4.65. The van der Waals surface area contributed by atoms with Gasteiger partial charge in [-0.05, 0) is 29.3 Å². The number of thioether (sulfide) groups is 1. The van der Waals surface area contributed by atoms with Gasteiger partial charge in [-0.25, -0.2) is 0 Å². The summed E-state index contributed by atoms with van der Waals surface area (Å²) in [4.78, 5) is 0. The lowest BCUT2D eigenvalue weighted by Gasteiger charge is -1.63. The molecule has 1 heteroatoms. The largest absolute Gasteiger partial charge is 0.0943 e. The molecule has 0 saturated carbocycles. The summed E-state index contributed by atoms with van der Waals surface area (Å²) in [7, 11) is 0. The minimum absolute atomic E-state index is 1.41. The highest BCUT2D eigenvalue weighted by Crippen LogP contribution is 1.92. The first-order valence-electron chi connectivity index (χ1n) is 1.60. The molecule has 0 atom stereocenters. The third-order valence-corrected chi connectivity index (χ3v) is 0.733. The summed E-state index contributed by atoms with van der Waals surface area (Å²) >= 11 is 1.41. The van der Waals surface area contributed by atoms with Crippen LogP contribution in [0, 0.1) is 11.2 Å². The van der Waals surface area contributed by atoms with Gasteiger partial charge in [0.05, 0.1) is 0 Å². The van der Waals surface area contributed by atoms with E-state index in [1.807, 2.05) is 0 Å². The highest BCUT2D eigenvalue weighted by Gasteiger charge is 1.55. The molecule has 0 amide bonds. The maximum atomic E-state index is 3.46. The van der Waals surface area contributed by atoms with E-state index in [9.17, 15) is 0 Å². The highest BCUT2D eigenvalue weighted by molar-refractivity contribution is 8.06. The number of hydrogen-bond donors (Lipinski definition) is 0. The van der Waals surface area contributed by atoms with Gasteiger partial charge in [0, 0.05) is 0 Å². The van der Waals surface area contributed by atoms with E-state index >= 15 is 0 Å². The summed E-state index contributed by atoms with van der Waals surface area (Å²) in [5.74, 6) is 2.71. The zero-order valence-electron chi connectivity index (χ0n) is 3.69. The van der Waals surface area contributed by atoms with Crippen LogP contribution in [-0.4, -0.2) is 0 Å². The molecule has 0 aromatic carbocycles. The molecule has 32 valence electrons. The molecule has 0 aliphatic carbocycles. The predicted octanol–water partition coefficient (Wildman–Crippen LogP) is 1.84. The van der Waals surface area contributed by atoms with Gasteiger partial charge in [-0.15, -0.1) is 0 Å². The van der Waals surface area contributed by atoms with Crippen LogP contribution in [0.5, 0.6) is 0 Å². The van der Waals surface area contributed by atoms with Crippen LogP contribution in [0.15, 0.2) is 12.0 Å². The minimum atomic E-state index is 1.41. The van der Waals surface area contributed by atoms with Crippen LogP contribution in [0.1, 0.15) is 6.92 Å². The fraction of sp³-hybridized carbons (Fsp3) is 0.200. The van der Waals surface area contributed by atoms with Gasteiger partial charge in [0.2, 0.25) is 0 Å². The van der Waals surface area contributed by atoms with Crippen molar-refractivity contribution >= 4 is 11.8 Å². The molecule has 0 rings (SSSR count). The average Bonchev–Trinajstić information content (AvgIpc) is 1.61. The van der Waals surface area contributed by atoms with Gasteiger partial charge < -0.3 is 0 Å². The quantitative estimate of drug-likeness (QED) is 0.451. The molecule has 0 bridgehead atoms. The van der Waals surface area contributed by atoms with Crippen molar-refractivity contribution in [3.63, 3.8) is 0 Å². The van der Waals surface area contributed by atoms with Gasteiger partial charge >= 0.3 is 0 Å². The number of hydrogen-bond acceptors (Lipinski definition) is 1. The Labute approximate surface area is 42.6 Å². The Bertz CT molecular complexity index is 83.8. The topological polar surface area (TPSA) is 0 Å². The van der Waals surface area contributed by atoms with Crippen molar-refractivity contribution < 1.29 is 0 Å². The fourth-order valence-corrected chi connectivity index (χ4v) is 0.302. The van der Waals surface area contributed by atoms with E-state index in [0.717, 1.165) is 0 Å². The van der Waals surface area contributed by atoms with E-state index in [0.29, 0.717) is 0 Å². The molecule has 0 radical (unpaired) electrons. The molecule has 6 heavy (non-hydrogen) atoms. The van der Waals surface area contributed by atoms with Crippen LogP contribution in [0.2, 0.25) is 0 Å². The van der Waals surface area contributed by atoms with E-state index in [4.69, 9.17) is 0 Å². The summed E-state index contributed by atoms with van der Waals surface area (Å²) < 4.78 is 0. The lowest BCUT2D eigenvalue weighted by molar-refractivity contribution is 1.94. The Morgan fingerprint density at radius 1 is 1.83 bits per heavy atom. The van der Waals surface area contributed by atoms with Crippen molar-refractivity contribution in [3.8, 4) is 11.2 Å². The smallest absolute Gasteiger partial charge is 0.00179 e. The maximum Gasteiger partial charge on any atom is -0.00179 e. The maximum absolute atomic E-state index is 3.46. The normalized spacial score (nSPS) is 5.50. The predicted molar refractivity (Wildman–Crippen MR) is 31.2 cm³/mol. The average molecular weight is 98.2 g/mol. The van der Waals surface area contributed by atoms with E-state index in [1.54, 1.807) is 12.3 Å². The van der Waals surface area contributed by atoms with E-state index in [2.05, 4.69) is 17.8 Å². The van der Waals surface area contributed by atoms with Gasteiger partial charge in [0.15, 0.2) is 0 Å². The first-order chi connectivity index (χ1) is 2.91. The molecular formula is C5H6S. The Morgan fingerprint density at radius 2 is 2.50 bits per heavy atom. The summed E-state index contributed by atoms with van der Waals surface area (Å²) in [6, 6.07) is 0. The van der Waals surface area contributed by atoms with Crippen LogP contribution in [0.25, 0.3) is 0 Å². The molecular weight excluding hydrogens is 92.1 g/mol. The number of rotatable bonds is 1. The first kappa shape index (κ1) is 5.65. The molecule has 0 spiro atoms. The lowest BCUT2D eigenvalue weighted by atomic mass is 10.9. The molecule has 0 fully saturated rings. The first-order valence-corrected chi connectivity index (χ1v) is 2.48. The second-order valence-corrected chi connectivity index (χ2v) is 1.41. The standard InChI is InChI=1S/C5H6S/c1-3-5-6-4-2/h4H,2H2,1H3. The molecule has 0 nitrogen and oxygen atoms in total. The molecule has 0 aliphatic rings. The third kappa shape index (κ3) is 3.65. The Kier molecular flexibility index (Phi) is 4.38. The van der Waals surface area contributed by atoms with Crippen LogP contribution < -0.4 is 0 Å². The fourth-order valence-electron chi connectivity index (χ4n) is 0.101. The molecule has 0 aromatic rings. The van der Waals surface area contributed by atoms with Crippen molar-refractivity contribution in [2.24, 2.45) is 0 Å². The lowest BCUT2D eigenvalue weighted by Crippen LogP contribution is -1.35. The molecule has 0 saturated heterocycles. The van der Waals surface area contributed by atoms with Crippen molar-refractivity contribution in [1.82, 2.24) is 0 Å². The molecule has 0 aliphatic heterocycles. The third-order valence-electron chi connectivity index (χ3n) is 0.244. The Balaban J connectivity index is 3.00. The molecule has 0 heterocycles. The summed E-state index contributed by atoms with van der Waals surface area (Å²) in [5, 5.41) is 4.45. The monoisotopic (exact) mass is 98.0 g/mol. The van der Waals surface area contributed by atoms with Crippen LogP contribution >= 0.6 is 11.8 Å². The van der Waals surface area contributed by atoms with Gasteiger partial charge in [-0.1, -0.05) is 12.5 Å². The molecule has 0 N–H and O–H groups in total. The summed E-state index contributed by atoms with van der Waals surface area (Å²) in [6.07, 6.45) is 0. The second-order valence-electron chi connectivity index (χ2n) is 0.637. The van der Waals surface area contributed by atoms with Crippen LogP contribution in [0.3, 0.4) is 0 Å². The van der Waals surface area contributed by atoms with Crippen molar-refractivity contribution in [2.45, 2.75) is 6.92 Å². The van der Waals surface area contributed by atoms with E-state index in [-0.39, 0.29) is 0 Å². The molecule has 0 unspecified atom stereocenters. The summed E-state index contributed by atoms with van der Waals surface area (Å²) in [5.41, 5.74) is 0. The van der Waals surface area contributed by atoms with Gasteiger partial charge in [-0.2, -0.15) is 0 Å². The van der Waals surface area contributed by atoms with Crippen LogP contribution in [0.4, 0.5) is 0 Å². The Morgan fingerprint density at radius 3 is 2.67 bits per heavy atom. The van der Waals surface area contributed by atoms with E-state index in [1.165, 1.54) is 11.8 Å². The SMILES string of the molecule is C=CSC#CC. The van der Waals surface area contributed by atoms with Gasteiger partial charge in [0.25, 0.3) is 0 Å². The van der Waals surface area contributed by atoms with Gasteiger partial charge in [0.1, 0.15) is 0 Å². The molecule has 0 aromatic heterocycles. The summed E-state index contributed by atoms with van der Waals surface area (Å²) in [6.45, 7) is 5.26. The highest BCUT2D eigenvalue weighted by atomic mass is 32.2. The zero-order valence-corrected chi connectivity index (χ0v) is 4.51.